The van der Waals surface area contributed by atoms with E-state index in [1.165, 1.54) is 6.42 Å². The Kier molecular flexibility index (Phi) is 5.16. The molecule has 2 saturated heterocycles. The van der Waals surface area contributed by atoms with Crippen molar-refractivity contribution in [3.05, 3.63) is 18.2 Å². The van der Waals surface area contributed by atoms with Gasteiger partial charge in [-0.1, -0.05) is 6.92 Å². The molecule has 6 heteroatoms. The minimum absolute atomic E-state index is 0.0463. The summed E-state index contributed by atoms with van der Waals surface area (Å²) in [6.45, 7) is 4.17. The number of carbonyl (C=O) groups excluding carboxylic acids is 2. The Hall–Kier alpha value is -2.24. The van der Waals surface area contributed by atoms with E-state index in [4.69, 9.17) is 9.47 Å². The first-order chi connectivity index (χ1) is 12.0. The minimum Gasteiger partial charge on any atom is -0.497 e. The van der Waals surface area contributed by atoms with Crippen LogP contribution in [0.25, 0.3) is 0 Å². The highest BCUT2D eigenvalue weighted by Gasteiger charge is 2.39. The molecule has 0 aliphatic carbocycles. The number of amides is 2. The third-order valence-corrected chi connectivity index (χ3v) is 5.12. The molecule has 1 aromatic rings. The predicted octanol–water partition coefficient (Wildman–Crippen LogP) is 2.32. The van der Waals surface area contributed by atoms with Gasteiger partial charge in [0, 0.05) is 32.1 Å². The predicted molar refractivity (Wildman–Crippen MR) is 95.0 cm³/mol. The molecule has 3 rings (SSSR count). The molecule has 2 aliphatic heterocycles. The van der Waals surface area contributed by atoms with Gasteiger partial charge in [0.05, 0.1) is 25.8 Å². The third-order valence-electron chi connectivity index (χ3n) is 5.12. The van der Waals surface area contributed by atoms with Crippen molar-refractivity contribution < 1.29 is 19.1 Å². The van der Waals surface area contributed by atoms with Gasteiger partial charge < -0.3 is 19.3 Å². The maximum atomic E-state index is 12.8. The zero-order valence-electron chi connectivity index (χ0n) is 15.2. The summed E-state index contributed by atoms with van der Waals surface area (Å²) in [4.78, 5) is 29.0. The maximum absolute atomic E-state index is 12.8. The highest BCUT2D eigenvalue weighted by Crippen LogP contribution is 2.36. The molecule has 0 aromatic heterocycles. The third kappa shape index (κ3) is 3.57. The molecule has 6 nitrogen and oxygen atoms in total. The number of nitrogens with zero attached hydrogens (tertiary/aromatic N) is 2. The molecule has 1 aromatic carbocycles. The molecule has 2 aliphatic rings. The standard InChI is InChI=1S/C19H26N2O4/c1-13-5-4-8-20(11-13)19(23)14-9-18(22)21(12-14)16-10-15(24-2)6-7-17(16)25-3/h6-7,10,13-14H,4-5,8-9,11-12H2,1-3H3/t13-,14+/m1/s1. The van der Waals surface area contributed by atoms with Gasteiger partial charge in [0.2, 0.25) is 11.8 Å². The normalized spacial score (nSPS) is 23.7. The lowest BCUT2D eigenvalue weighted by Gasteiger charge is -2.32. The zero-order valence-corrected chi connectivity index (χ0v) is 15.2. The molecule has 2 fully saturated rings. The molecular weight excluding hydrogens is 320 g/mol. The van der Waals surface area contributed by atoms with Crippen LogP contribution >= 0.6 is 0 Å². The number of likely N-dealkylation sites (tertiary alicyclic amines) is 1. The van der Waals surface area contributed by atoms with E-state index in [0.717, 1.165) is 19.5 Å². The summed E-state index contributed by atoms with van der Waals surface area (Å²) in [6.07, 6.45) is 2.46. The Balaban J connectivity index is 1.77. The van der Waals surface area contributed by atoms with Crippen molar-refractivity contribution in [1.29, 1.82) is 0 Å². The van der Waals surface area contributed by atoms with E-state index >= 15 is 0 Å². The molecule has 0 saturated carbocycles. The average Bonchev–Trinajstić information content (AvgIpc) is 3.02. The van der Waals surface area contributed by atoms with Crippen molar-refractivity contribution in [1.82, 2.24) is 4.90 Å². The van der Waals surface area contributed by atoms with Crippen LogP contribution in [-0.2, 0) is 9.59 Å². The van der Waals surface area contributed by atoms with Crippen LogP contribution in [-0.4, -0.2) is 50.6 Å². The van der Waals surface area contributed by atoms with Crippen molar-refractivity contribution in [2.45, 2.75) is 26.2 Å². The van der Waals surface area contributed by atoms with Crippen LogP contribution < -0.4 is 14.4 Å². The Morgan fingerprint density at radius 3 is 2.68 bits per heavy atom. The molecular formula is C19H26N2O4. The van der Waals surface area contributed by atoms with Crippen LogP contribution in [0.5, 0.6) is 11.5 Å². The smallest absolute Gasteiger partial charge is 0.228 e. The summed E-state index contributed by atoms with van der Waals surface area (Å²) in [5.74, 6) is 1.56. The first kappa shape index (κ1) is 17.6. The second-order valence-electron chi connectivity index (χ2n) is 6.97. The minimum atomic E-state index is -0.284. The number of ether oxygens (including phenoxy) is 2. The molecule has 25 heavy (non-hydrogen) atoms. The van der Waals surface area contributed by atoms with Crippen LogP contribution in [0.3, 0.4) is 0 Å². The lowest BCUT2D eigenvalue weighted by Crippen LogP contribution is -2.43. The van der Waals surface area contributed by atoms with E-state index in [-0.39, 0.29) is 24.2 Å². The average molecular weight is 346 g/mol. The van der Waals surface area contributed by atoms with Gasteiger partial charge in [-0.25, -0.2) is 0 Å². The number of carbonyl (C=O) groups is 2. The van der Waals surface area contributed by atoms with Crippen LogP contribution in [0.1, 0.15) is 26.2 Å². The van der Waals surface area contributed by atoms with E-state index in [1.54, 1.807) is 37.3 Å². The van der Waals surface area contributed by atoms with E-state index in [9.17, 15) is 9.59 Å². The van der Waals surface area contributed by atoms with Crippen LogP contribution in [0.15, 0.2) is 18.2 Å². The SMILES string of the molecule is COc1ccc(OC)c(N2C[C@@H](C(=O)N3CCC[C@@H](C)C3)CC2=O)c1. The Labute approximate surface area is 148 Å². The largest absolute Gasteiger partial charge is 0.497 e. The number of piperidine rings is 1. The Morgan fingerprint density at radius 2 is 2.00 bits per heavy atom. The number of hydrogen-bond donors (Lipinski definition) is 0. The van der Waals surface area contributed by atoms with E-state index in [1.807, 2.05) is 4.90 Å². The van der Waals surface area contributed by atoms with Gasteiger partial charge in [0.15, 0.2) is 0 Å². The van der Waals surface area contributed by atoms with Crippen LogP contribution in [0, 0.1) is 11.8 Å². The fourth-order valence-electron chi connectivity index (χ4n) is 3.76. The maximum Gasteiger partial charge on any atom is 0.228 e. The van der Waals surface area contributed by atoms with Crippen molar-refractivity contribution >= 4 is 17.5 Å². The number of methoxy groups -OCH3 is 2. The summed E-state index contributed by atoms with van der Waals surface area (Å²) in [5.41, 5.74) is 0.661. The molecule has 2 amide bonds. The van der Waals surface area contributed by atoms with E-state index in [2.05, 4.69) is 6.92 Å². The van der Waals surface area contributed by atoms with Crippen molar-refractivity contribution in [2.75, 3.05) is 38.8 Å². The molecule has 2 heterocycles. The van der Waals surface area contributed by atoms with Gasteiger partial charge in [0.1, 0.15) is 11.5 Å². The van der Waals surface area contributed by atoms with Crippen LogP contribution in [0.2, 0.25) is 0 Å². The lowest BCUT2D eigenvalue weighted by atomic mass is 9.98. The summed E-state index contributed by atoms with van der Waals surface area (Å²) >= 11 is 0. The highest BCUT2D eigenvalue weighted by atomic mass is 16.5. The van der Waals surface area contributed by atoms with E-state index in [0.29, 0.717) is 29.6 Å². The first-order valence-corrected chi connectivity index (χ1v) is 8.84. The Bertz CT molecular complexity index is 661. The van der Waals surface area contributed by atoms with E-state index < -0.39 is 0 Å². The number of rotatable bonds is 4. The second-order valence-corrected chi connectivity index (χ2v) is 6.97. The van der Waals surface area contributed by atoms with Crippen molar-refractivity contribution in [3.8, 4) is 11.5 Å². The number of hydrogen-bond acceptors (Lipinski definition) is 4. The molecule has 0 radical (unpaired) electrons. The second kappa shape index (κ2) is 7.33. The van der Waals surface area contributed by atoms with Gasteiger partial charge in [-0.2, -0.15) is 0 Å². The zero-order chi connectivity index (χ0) is 18.0. The fraction of sp³-hybridized carbons (Fsp3) is 0.579. The van der Waals surface area contributed by atoms with Crippen molar-refractivity contribution in [2.24, 2.45) is 11.8 Å². The summed E-state index contributed by atoms with van der Waals surface area (Å²) in [5, 5.41) is 0. The highest BCUT2D eigenvalue weighted by molar-refractivity contribution is 6.01. The number of anilines is 1. The molecule has 0 spiro atoms. The van der Waals surface area contributed by atoms with Gasteiger partial charge in [0.25, 0.3) is 0 Å². The molecule has 0 bridgehead atoms. The first-order valence-electron chi connectivity index (χ1n) is 8.84. The fourth-order valence-corrected chi connectivity index (χ4v) is 3.76. The van der Waals surface area contributed by atoms with Crippen LogP contribution in [0.4, 0.5) is 5.69 Å². The summed E-state index contributed by atoms with van der Waals surface area (Å²) in [7, 11) is 3.16. The lowest BCUT2D eigenvalue weighted by molar-refractivity contribution is -0.137. The topological polar surface area (TPSA) is 59.1 Å². The van der Waals surface area contributed by atoms with Gasteiger partial charge in [-0.15, -0.1) is 0 Å². The number of benzene rings is 1. The molecule has 0 unspecified atom stereocenters. The van der Waals surface area contributed by atoms with Crippen molar-refractivity contribution in [3.63, 3.8) is 0 Å². The summed E-state index contributed by atoms with van der Waals surface area (Å²) < 4.78 is 10.6. The molecule has 136 valence electrons. The molecule has 2 atom stereocenters. The monoisotopic (exact) mass is 346 g/mol. The molecule has 0 N–H and O–H groups in total. The Morgan fingerprint density at radius 1 is 1.20 bits per heavy atom. The summed E-state index contributed by atoms with van der Waals surface area (Å²) in [6, 6.07) is 5.36. The quantitative estimate of drug-likeness (QED) is 0.839. The van der Waals surface area contributed by atoms with Gasteiger partial charge in [-0.3, -0.25) is 9.59 Å². The van der Waals surface area contributed by atoms with Gasteiger partial charge in [-0.05, 0) is 30.9 Å². The van der Waals surface area contributed by atoms with Gasteiger partial charge >= 0.3 is 0 Å².